The minimum absolute atomic E-state index is 0.00880. The third-order valence-electron chi connectivity index (χ3n) is 5.48. The molecular formula is C23H23F2N7O3S. The molecule has 1 fully saturated rings. The van der Waals surface area contributed by atoms with Gasteiger partial charge in [0, 0.05) is 24.0 Å². The van der Waals surface area contributed by atoms with Crippen molar-refractivity contribution >= 4 is 40.6 Å². The van der Waals surface area contributed by atoms with Crippen molar-refractivity contribution in [1.29, 1.82) is 5.26 Å². The lowest BCUT2D eigenvalue weighted by Gasteiger charge is -2.28. The van der Waals surface area contributed by atoms with Crippen LogP contribution in [0.1, 0.15) is 23.4 Å². The normalized spacial score (nSPS) is 15.0. The number of nitrogens with zero attached hydrogens (tertiary/aromatic N) is 4. The molecule has 188 valence electrons. The molecule has 3 aromatic rings. The topological polar surface area (TPSA) is 135 Å². The first-order valence-corrected chi connectivity index (χ1v) is 11.9. The molecule has 10 nitrogen and oxygen atoms in total. The van der Waals surface area contributed by atoms with Crippen LogP contribution in [0.3, 0.4) is 0 Å². The molecule has 0 aromatic carbocycles. The van der Waals surface area contributed by atoms with E-state index in [4.69, 9.17) is 9.84 Å². The highest BCUT2D eigenvalue weighted by molar-refractivity contribution is 7.10. The van der Waals surface area contributed by atoms with E-state index in [9.17, 15) is 18.8 Å². The number of aromatic nitrogens is 2. The number of thiophene rings is 1. The van der Waals surface area contributed by atoms with Crippen LogP contribution in [0.2, 0.25) is 0 Å². The standard InChI is InChI=1S/C23H23F2N7O3S/c1-13(28-23(33)34)19(18-3-2-8-36-18)30-21-16(24)9-14(11-26)20(31-21)29-15-10-17(25)22(27-12-15)32-4-6-35-7-5-32/h2-3,8-10,12-13,19,28H,4-7H2,1H3,(H,33,34)(H2,29,30,31)/t13-,19-/m0/s1. The van der Waals surface area contributed by atoms with Crippen LogP contribution in [0.15, 0.2) is 35.8 Å². The second-order valence-corrected chi connectivity index (χ2v) is 8.94. The number of hydrogen-bond acceptors (Lipinski definition) is 9. The molecule has 0 unspecified atom stereocenters. The number of carboxylic acid groups (broad SMARTS) is 1. The van der Waals surface area contributed by atoms with Crippen LogP contribution in [0, 0.1) is 23.0 Å². The summed E-state index contributed by atoms with van der Waals surface area (Å²) in [5, 5.41) is 28.6. The highest BCUT2D eigenvalue weighted by atomic mass is 32.1. The predicted molar refractivity (Wildman–Crippen MR) is 131 cm³/mol. The second-order valence-electron chi connectivity index (χ2n) is 7.96. The van der Waals surface area contributed by atoms with Gasteiger partial charge in [-0.05, 0) is 24.4 Å². The maximum Gasteiger partial charge on any atom is 0.404 e. The lowest BCUT2D eigenvalue weighted by atomic mass is 10.1. The molecule has 36 heavy (non-hydrogen) atoms. The predicted octanol–water partition coefficient (Wildman–Crippen LogP) is 4.08. The summed E-state index contributed by atoms with van der Waals surface area (Å²) in [5.74, 6) is -1.38. The van der Waals surface area contributed by atoms with Crippen LogP contribution in [0.5, 0.6) is 0 Å². The summed E-state index contributed by atoms with van der Waals surface area (Å²) in [6.45, 7) is 3.63. The van der Waals surface area contributed by atoms with E-state index >= 15 is 0 Å². The number of nitrogens with one attached hydrogen (secondary N) is 3. The Labute approximate surface area is 209 Å². The van der Waals surface area contributed by atoms with Crippen LogP contribution in [-0.4, -0.2) is 53.5 Å². The number of pyridine rings is 2. The van der Waals surface area contributed by atoms with Gasteiger partial charge in [-0.2, -0.15) is 5.26 Å². The molecule has 1 amide bonds. The molecule has 0 saturated carbocycles. The summed E-state index contributed by atoms with van der Waals surface area (Å²) in [6, 6.07) is 6.40. The smallest absolute Gasteiger partial charge is 0.404 e. The van der Waals surface area contributed by atoms with Crippen molar-refractivity contribution < 1.29 is 23.4 Å². The van der Waals surface area contributed by atoms with E-state index < -0.39 is 29.8 Å². The lowest BCUT2D eigenvalue weighted by molar-refractivity contribution is 0.122. The van der Waals surface area contributed by atoms with Crippen molar-refractivity contribution in [2.75, 3.05) is 41.8 Å². The van der Waals surface area contributed by atoms with Gasteiger partial charge >= 0.3 is 6.09 Å². The van der Waals surface area contributed by atoms with Gasteiger partial charge in [0.2, 0.25) is 0 Å². The zero-order valence-corrected chi connectivity index (χ0v) is 20.0. The number of anilines is 4. The molecule has 1 saturated heterocycles. The largest absolute Gasteiger partial charge is 0.465 e. The first kappa shape index (κ1) is 25.1. The first-order chi connectivity index (χ1) is 17.4. The van der Waals surface area contributed by atoms with Crippen LogP contribution in [0.25, 0.3) is 0 Å². The number of halogens is 2. The van der Waals surface area contributed by atoms with Gasteiger partial charge < -0.3 is 30.7 Å². The van der Waals surface area contributed by atoms with Gasteiger partial charge in [0.05, 0.1) is 42.7 Å². The number of rotatable bonds is 8. The summed E-state index contributed by atoms with van der Waals surface area (Å²) < 4.78 is 35.0. The average molecular weight is 516 g/mol. The molecule has 4 rings (SSSR count). The zero-order chi connectivity index (χ0) is 25.7. The van der Waals surface area contributed by atoms with E-state index in [1.165, 1.54) is 23.6 Å². The van der Waals surface area contributed by atoms with Gasteiger partial charge in [-0.3, -0.25) is 0 Å². The van der Waals surface area contributed by atoms with Crippen molar-refractivity contribution in [3.8, 4) is 6.07 Å². The maximum absolute atomic E-state index is 14.9. The van der Waals surface area contributed by atoms with Gasteiger partial charge in [0.15, 0.2) is 29.1 Å². The third-order valence-corrected chi connectivity index (χ3v) is 6.44. The Bertz CT molecular complexity index is 1260. The fourth-order valence-corrected chi connectivity index (χ4v) is 4.63. The Balaban J connectivity index is 1.61. The van der Waals surface area contributed by atoms with E-state index in [1.807, 2.05) is 11.4 Å². The quantitative estimate of drug-likeness (QED) is 0.350. The van der Waals surface area contributed by atoms with Crippen molar-refractivity contribution in [3.05, 3.63) is 57.9 Å². The Kier molecular flexibility index (Phi) is 7.77. The summed E-state index contributed by atoms with van der Waals surface area (Å²) in [6.07, 6.45) is 0.178. The van der Waals surface area contributed by atoms with Gasteiger partial charge in [-0.25, -0.2) is 23.5 Å². The van der Waals surface area contributed by atoms with E-state index in [0.29, 0.717) is 26.3 Å². The van der Waals surface area contributed by atoms with Crippen molar-refractivity contribution in [1.82, 2.24) is 15.3 Å². The summed E-state index contributed by atoms with van der Waals surface area (Å²) >= 11 is 1.37. The van der Waals surface area contributed by atoms with Crippen LogP contribution >= 0.6 is 11.3 Å². The number of amides is 1. The minimum Gasteiger partial charge on any atom is -0.465 e. The van der Waals surface area contributed by atoms with E-state index in [-0.39, 0.29) is 28.7 Å². The molecule has 3 aromatic heterocycles. The van der Waals surface area contributed by atoms with Crippen molar-refractivity contribution in [2.45, 2.75) is 19.0 Å². The zero-order valence-electron chi connectivity index (χ0n) is 19.2. The number of nitriles is 1. The molecule has 0 radical (unpaired) electrons. The molecular weight excluding hydrogens is 492 g/mol. The van der Waals surface area contributed by atoms with Gasteiger partial charge in [0.1, 0.15) is 6.07 Å². The molecule has 0 aliphatic carbocycles. The van der Waals surface area contributed by atoms with E-state index in [2.05, 4.69) is 25.9 Å². The fourth-order valence-electron chi connectivity index (χ4n) is 3.75. The molecule has 13 heteroatoms. The molecule has 0 bridgehead atoms. The minimum atomic E-state index is -1.23. The van der Waals surface area contributed by atoms with E-state index in [1.54, 1.807) is 24.0 Å². The molecule has 4 heterocycles. The van der Waals surface area contributed by atoms with Gasteiger partial charge in [0.25, 0.3) is 0 Å². The first-order valence-electron chi connectivity index (χ1n) is 11.0. The molecule has 4 N–H and O–H groups in total. The van der Waals surface area contributed by atoms with Crippen molar-refractivity contribution in [3.63, 3.8) is 0 Å². The number of hydrogen-bond donors (Lipinski definition) is 4. The van der Waals surface area contributed by atoms with Crippen molar-refractivity contribution in [2.24, 2.45) is 0 Å². The summed E-state index contributed by atoms with van der Waals surface area (Å²) in [7, 11) is 0. The lowest BCUT2D eigenvalue weighted by Crippen LogP contribution is -2.39. The molecule has 1 aliphatic heterocycles. The van der Waals surface area contributed by atoms with E-state index in [0.717, 1.165) is 10.9 Å². The Hall–Kier alpha value is -4.02. The molecule has 0 spiro atoms. The third kappa shape index (κ3) is 5.78. The maximum atomic E-state index is 14.9. The number of morpholine rings is 1. The average Bonchev–Trinajstić information content (AvgIpc) is 3.38. The Morgan fingerprint density at radius 1 is 1.28 bits per heavy atom. The summed E-state index contributed by atoms with van der Waals surface area (Å²) in [5.41, 5.74) is 0.127. The second kappa shape index (κ2) is 11.1. The number of ether oxygens (including phenoxy) is 1. The fraction of sp³-hybridized carbons (Fsp3) is 0.304. The Morgan fingerprint density at radius 3 is 2.69 bits per heavy atom. The van der Waals surface area contributed by atoms with Gasteiger partial charge in [-0.15, -0.1) is 11.3 Å². The highest BCUT2D eigenvalue weighted by Gasteiger charge is 2.25. The SMILES string of the molecule is C[C@H](NC(=O)O)[C@H](Nc1nc(Nc2cnc(N3CCOCC3)c(F)c2)c(C#N)cc1F)c1cccs1. The molecule has 2 atom stereocenters. The summed E-state index contributed by atoms with van der Waals surface area (Å²) in [4.78, 5) is 22.1. The van der Waals surface area contributed by atoms with Crippen LogP contribution < -0.4 is 20.9 Å². The number of carbonyl (C=O) groups is 1. The Morgan fingerprint density at radius 2 is 2.06 bits per heavy atom. The van der Waals surface area contributed by atoms with Crippen LogP contribution in [-0.2, 0) is 4.74 Å². The molecule has 1 aliphatic rings. The van der Waals surface area contributed by atoms with Gasteiger partial charge in [-0.1, -0.05) is 6.07 Å². The highest BCUT2D eigenvalue weighted by Crippen LogP contribution is 2.30. The van der Waals surface area contributed by atoms with Crippen LogP contribution in [0.4, 0.5) is 36.7 Å². The monoisotopic (exact) mass is 515 g/mol.